The summed E-state index contributed by atoms with van der Waals surface area (Å²) in [5, 5.41) is 10.2. The van der Waals surface area contributed by atoms with Crippen LogP contribution in [0.1, 0.15) is 34.1 Å². The molecule has 1 heterocycles. The molecule has 1 N–H and O–H groups in total. The van der Waals surface area contributed by atoms with E-state index in [1.807, 2.05) is 12.1 Å². The first-order chi connectivity index (χ1) is 8.72. The molecule has 0 bridgehead atoms. The summed E-state index contributed by atoms with van der Waals surface area (Å²) < 4.78 is 1.07. The van der Waals surface area contributed by atoms with Crippen molar-refractivity contribution < 1.29 is 5.11 Å². The minimum Gasteiger partial charge on any atom is -0.387 e. The Hall–Kier alpha value is -0.640. The van der Waals surface area contributed by atoms with Crippen LogP contribution in [0.5, 0.6) is 0 Å². The number of aliphatic hydroxyl groups excluding tert-OH is 1. The highest BCUT2D eigenvalue weighted by Gasteiger charge is 2.14. The van der Waals surface area contributed by atoms with Gasteiger partial charge in [0.25, 0.3) is 0 Å². The van der Waals surface area contributed by atoms with Crippen molar-refractivity contribution in [2.24, 2.45) is 0 Å². The molecule has 0 fully saturated rings. The number of thiophene rings is 1. The van der Waals surface area contributed by atoms with Gasteiger partial charge in [0.1, 0.15) is 0 Å². The van der Waals surface area contributed by atoms with Crippen LogP contribution >= 0.6 is 27.3 Å². The Morgan fingerprint density at radius 2 is 2.00 bits per heavy atom. The van der Waals surface area contributed by atoms with Crippen molar-refractivity contribution in [3.63, 3.8) is 0 Å². The van der Waals surface area contributed by atoms with Crippen LogP contribution in [0.3, 0.4) is 0 Å². The monoisotopic (exact) mass is 322 g/mol. The molecule has 0 saturated heterocycles. The Morgan fingerprint density at radius 3 is 2.78 bits per heavy atom. The predicted octanol–water partition coefficient (Wildman–Crippen LogP) is 4.28. The Kier molecular flexibility index (Phi) is 3.55. The average molecular weight is 323 g/mol. The van der Waals surface area contributed by atoms with E-state index < -0.39 is 0 Å². The average Bonchev–Trinajstić information content (AvgIpc) is 2.96. The lowest BCUT2D eigenvalue weighted by Gasteiger charge is -2.10. The highest BCUT2D eigenvalue weighted by atomic mass is 79.9. The van der Waals surface area contributed by atoms with Crippen molar-refractivity contribution in [2.75, 3.05) is 0 Å². The van der Waals surface area contributed by atoms with E-state index in [2.05, 4.69) is 34.1 Å². The molecule has 1 nitrogen and oxygen atoms in total. The standard InChI is InChI=1S/C15H15BrOS/c16-15-7-6-14(18-15)13(17)9-10-4-5-11-2-1-3-12(11)8-10/h4-8,13,17H,1-3,9H2. The van der Waals surface area contributed by atoms with Gasteiger partial charge in [0.05, 0.1) is 9.89 Å². The fraction of sp³-hybridized carbons (Fsp3) is 0.333. The van der Waals surface area contributed by atoms with E-state index >= 15 is 0 Å². The number of aryl methyl sites for hydroxylation is 2. The van der Waals surface area contributed by atoms with Crippen LogP contribution in [0.4, 0.5) is 0 Å². The summed E-state index contributed by atoms with van der Waals surface area (Å²) >= 11 is 5.04. The zero-order chi connectivity index (χ0) is 12.5. The van der Waals surface area contributed by atoms with Gasteiger partial charge in [-0.3, -0.25) is 0 Å². The Balaban J connectivity index is 1.76. The molecule has 0 radical (unpaired) electrons. The smallest absolute Gasteiger partial charge is 0.0922 e. The summed E-state index contributed by atoms with van der Waals surface area (Å²) in [6.07, 6.45) is 4.01. The van der Waals surface area contributed by atoms with Crippen LogP contribution in [0.15, 0.2) is 34.1 Å². The molecule has 0 saturated carbocycles. The van der Waals surface area contributed by atoms with Gasteiger partial charge in [0.2, 0.25) is 0 Å². The molecule has 1 aromatic heterocycles. The highest BCUT2D eigenvalue weighted by Crippen LogP contribution is 2.30. The van der Waals surface area contributed by atoms with Crippen LogP contribution in [-0.4, -0.2) is 5.11 Å². The van der Waals surface area contributed by atoms with Crippen LogP contribution in [0.2, 0.25) is 0 Å². The molecule has 18 heavy (non-hydrogen) atoms. The van der Waals surface area contributed by atoms with Crippen molar-refractivity contribution in [3.8, 4) is 0 Å². The van der Waals surface area contributed by atoms with Crippen LogP contribution in [0, 0.1) is 0 Å². The summed E-state index contributed by atoms with van der Waals surface area (Å²) in [5.74, 6) is 0. The molecule has 2 aromatic rings. The van der Waals surface area contributed by atoms with Crippen molar-refractivity contribution in [1.82, 2.24) is 0 Å². The van der Waals surface area contributed by atoms with Crippen LogP contribution in [-0.2, 0) is 19.3 Å². The van der Waals surface area contributed by atoms with Gasteiger partial charge in [0, 0.05) is 11.3 Å². The summed E-state index contributed by atoms with van der Waals surface area (Å²) in [4.78, 5) is 1.03. The van der Waals surface area contributed by atoms with Gasteiger partial charge in [-0.2, -0.15) is 0 Å². The van der Waals surface area contributed by atoms with E-state index in [0.717, 1.165) is 8.66 Å². The highest BCUT2D eigenvalue weighted by molar-refractivity contribution is 9.11. The Labute approximate surface area is 120 Å². The number of halogens is 1. The van der Waals surface area contributed by atoms with Gasteiger partial charge in [0.15, 0.2) is 0 Å². The lowest BCUT2D eigenvalue weighted by molar-refractivity contribution is 0.182. The summed E-state index contributed by atoms with van der Waals surface area (Å²) in [5.41, 5.74) is 4.21. The van der Waals surface area contributed by atoms with Gasteiger partial charge in [-0.15, -0.1) is 11.3 Å². The predicted molar refractivity (Wildman–Crippen MR) is 79.1 cm³/mol. The molecule has 1 unspecified atom stereocenters. The molecule has 1 aromatic carbocycles. The number of rotatable bonds is 3. The van der Waals surface area contributed by atoms with Gasteiger partial charge in [-0.05, 0) is 64.0 Å². The zero-order valence-electron chi connectivity index (χ0n) is 10.0. The maximum absolute atomic E-state index is 10.2. The number of fused-ring (bicyclic) bond motifs is 1. The van der Waals surface area contributed by atoms with Crippen LogP contribution in [0.25, 0.3) is 0 Å². The molecular weight excluding hydrogens is 308 g/mol. The van der Waals surface area contributed by atoms with E-state index in [4.69, 9.17) is 0 Å². The third-order valence-corrected chi connectivity index (χ3v) is 5.24. The lowest BCUT2D eigenvalue weighted by atomic mass is 10.0. The lowest BCUT2D eigenvalue weighted by Crippen LogP contribution is -2.00. The molecule has 0 spiro atoms. The SMILES string of the molecule is OC(Cc1ccc2c(c1)CCC2)c1ccc(Br)s1. The van der Waals surface area contributed by atoms with Crippen molar-refractivity contribution >= 4 is 27.3 Å². The third-order valence-electron chi connectivity index (χ3n) is 3.51. The number of aliphatic hydroxyl groups is 1. The van der Waals surface area contributed by atoms with Gasteiger partial charge < -0.3 is 5.11 Å². The maximum Gasteiger partial charge on any atom is 0.0922 e. The van der Waals surface area contributed by atoms with Crippen molar-refractivity contribution in [2.45, 2.75) is 31.8 Å². The quantitative estimate of drug-likeness (QED) is 0.894. The first-order valence-corrected chi connectivity index (χ1v) is 7.87. The van der Waals surface area contributed by atoms with Crippen molar-refractivity contribution in [3.05, 3.63) is 55.7 Å². The molecule has 0 amide bonds. The topological polar surface area (TPSA) is 20.2 Å². The van der Waals surface area contributed by atoms with Crippen LogP contribution < -0.4 is 0 Å². The zero-order valence-corrected chi connectivity index (χ0v) is 12.4. The summed E-state index contributed by atoms with van der Waals surface area (Å²) in [7, 11) is 0. The Bertz CT molecular complexity index is 561. The van der Waals surface area contributed by atoms with E-state index in [9.17, 15) is 5.11 Å². The molecule has 1 aliphatic carbocycles. The van der Waals surface area contributed by atoms with E-state index in [1.165, 1.54) is 36.0 Å². The second-order valence-corrected chi connectivity index (χ2v) is 7.31. The molecule has 1 aliphatic rings. The number of hydrogen-bond donors (Lipinski definition) is 1. The molecular formula is C15H15BrOS. The van der Waals surface area contributed by atoms with E-state index in [1.54, 1.807) is 11.3 Å². The summed E-state index contributed by atoms with van der Waals surface area (Å²) in [6.45, 7) is 0. The Morgan fingerprint density at radius 1 is 1.17 bits per heavy atom. The van der Waals surface area contributed by atoms with E-state index in [0.29, 0.717) is 6.42 Å². The van der Waals surface area contributed by atoms with E-state index in [-0.39, 0.29) is 6.10 Å². The molecule has 3 rings (SSSR count). The third kappa shape index (κ3) is 2.53. The maximum atomic E-state index is 10.2. The first-order valence-electron chi connectivity index (χ1n) is 6.26. The largest absolute Gasteiger partial charge is 0.387 e. The molecule has 0 aliphatic heterocycles. The van der Waals surface area contributed by atoms with Gasteiger partial charge >= 0.3 is 0 Å². The minimum atomic E-state index is -0.388. The normalized spacial score (nSPS) is 15.7. The minimum absolute atomic E-state index is 0.388. The second-order valence-electron chi connectivity index (χ2n) is 4.82. The molecule has 1 atom stereocenters. The van der Waals surface area contributed by atoms with Crippen molar-refractivity contribution in [1.29, 1.82) is 0 Å². The molecule has 3 heteroatoms. The number of hydrogen-bond acceptors (Lipinski definition) is 2. The molecule has 94 valence electrons. The number of benzene rings is 1. The van der Waals surface area contributed by atoms with Gasteiger partial charge in [-0.1, -0.05) is 18.2 Å². The fourth-order valence-electron chi connectivity index (χ4n) is 2.58. The second kappa shape index (κ2) is 5.16. The first kappa shape index (κ1) is 12.4. The van der Waals surface area contributed by atoms with Gasteiger partial charge in [-0.25, -0.2) is 0 Å². The summed E-state index contributed by atoms with van der Waals surface area (Å²) in [6, 6.07) is 10.7. The fourth-order valence-corrected chi connectivity index (χ4v) is 3.99.